The number of fused-ring (bicyclic) bond motifs is 1. The number of halogens is 1. The molecule has 1 aromatic carbocycles. The van der Waals surface area contributed by atoms with Gasteiger partial charge in [0.2, 0.25) is 0 Å². The van der Waals surface area contributed by atoms with Gasteiger partial charge in [0.05, 0.1) is 16.5 Å². The zero-order valence-corrected chi connectivity index (χ0v) is 12.5. The Hall–Kier alpha value is -1.92. The number of carboxylic acid groups (broad SMARTS) is 1. The lowest BCUT2D eigenvalue weighted by atomic mass is 10.1. The van der Waals surface area contributed by atoms with E-state index in [0.29, 0.717) is 10.9 Å². The van der Waals surface area contributed by atoms with E-state index in [-0.39, 0.29) is 18.0 Å². The van der Waals surface area contributed by atoms with Crippen molar-refractivity contribution in [3.63, 3.8) is 0 Å². The van der Waals surface area contributed by atoms with Crippen molar-refractivity contribution in [2.45, 2.75) is 0 Å². The Morgan fingerprint density at radius 3 is 2.57 bits per heavy atom. The largest absolute Gasteiger partial charge is 0.478 e. The third kappa shape index (κ3) is 2.91. The predicted octanol–water partition coefficient (Wildman–Crippen LogP) is 1.50. The molecular weight excluding hydrogens is 292 g/mol. The van der Waals surface area contributed by atoms with Crippen molar-refractivity contribution in [3.8, 4) is 0 Å². The van der Waals surface area contributed by atoms with Crippen molar-refractivity contribution in [2.75, 3.05) is 38.1 Å². The quantitative estimate of drug-likeness (QED) is 0.907. The summed E-state index contributed by atoms with van der Waals surface area (Å²) in [6, 6.07) is 5.14. The van der Waals surface area contributed by atoms with Gasteiger partial charge < -0.3 is 14.9 Å². The first-order valence-electron chi connectivity index (χ1n) is 6.57. The Bertz CT molecular complexity index is 651. The van der Waals surface area contributed by atoms with Crippen LogP contribution in [-0.2, 0) is 0 Å². The van der Waals surface area contributed by atoms with Crippen LogP contribution in [0.2, 0.25) is 0 Å². The Morgan fingerprint density at radius 2 is 1.90 bits per heavy atom. The minimum atomic E-state index is -0.944. The van der Waals surface area contributed by atoms with Crippen molar-refractivity contribution in [1.82, 2.24) is 14.9 Å². The van der Waals surface area contributed by atoms with Gasteiger partial charge in [-0.05, 0) is 19.2 Å². The van der Waals surface area contributed by atoms with Gasteiger partial charge in [0.25, 0.3) is 0 Å². The molecule has 21 heavy (non-hydrogen) atoms. The highest BCUT2D eigenvalue weighted by Crippen LogP contribution is 2.27. The van der Waals surface area contributed by atoms with Crippen LogP contribution in [0, 0.1) is 0 Å². The molecule has 6 nitrogen and oxygen atoms in total. The summed E-state index contributed by atoms with van der Waals surface area (Å²) < 4.78 is 0. The van der Waals surface area contributed by atoms with Gasteiger partial charge in [-0.15, -0.1) is 12.4 Å². The summed E-state index contributed by atoms with van der Waals surface area (Å²) in [7, 11) is 2.08. The fourth-order valence-corrected chi connectivity index (χ4v) is 2.53. The summed E-state index contributed by atoms with van der Waals surface area (Å²) in [4.78, 5) is 24.3. The van der Waals surface area contributed by atoms with Gasteiger partial charge in [-0.25, -0.2) is 14.8 Å². The van der Waals surface area contributed by atoms with Crippen LogP contribution in [0.5, 0.6) is 0 Å². The number of piperazine rings is 1. The third-order valence-corrected chi connectivity index (χ3v) is 3.68. The summed E-state index contributed by atoms with van der Waals surface area (Å²) in [6.45, 7) is 3.58. The molecule has 1 aliphatic rings. The van der Waals surface area contributed by atoms with Crippen LogP contribution in [0.3, 0.4) is 0 Å². The minimum Gasteiger partial charge on any atom is -0.478 e. The van der Waals surface area contributed by atoms with Crippen molar-refractivity contribution in [3.05, 3.63) is 30.1 Å². The van der Waals surface area contributed by atoms with Gasteiger partial charge in [0.1, 0.15) is 12.1 Å². The van der Waals surface area contributed by atoms with Crippen LogP contribution in [0.15, 0.2) is 24.5 Å². The van der Waals surface area contributed by atoms with Crippen LogP contribution >= 0.6 is 12.4 Å². The van der Waals surface area contributed by atoms with E-state index in [1.807, 2.05) is 6.07 Å². The lowest BCUT2D eigenvalue weighted by Gasteiger charge is -2.33. The second-order valence-electron chi connectivity index (χ2n) is 4.99. The average Bonchev–Trinajstić information content (AvgIpc) is 2.47. The highest BCUT2D eigenvalue weighted by molar-refractivity contribution is 6.07. The predicted molar refractivity (Wildman–Crippen MR) is 83.5 cm³/mol. The highest BCUT2D eigenvalue weighted by Gasteiger charge is 2.21. The fourth-order valence-electron chi connectivity index (χ4n) is 2.53. The first kappa shape index (κ1) is 15.5. The molecule has 0 atom stereocenters. The molecule has 112 valence electrons. The summed E-state index contributed by atoms with van der Waals surface area (Å²) in [5.74, 6) is -0.220. The Kier molecular flexibility index (Phi) is 4.59. The van der Waals surface area contributed by atoms with E-state index in [1.165, 1.54) is 6.33 Å². The topological polar surface area (TPSA) is 69.6 Å². The van der Waals surface area contributed by atoms with Crippen molar-refractivity contribution < 1.29 is 9.90 Å². The molecule has 1 fully saturated rings. The Morgan fingerprint density at radius 1 is 1.19 bits per heavy atom. The Balaban J connectivity index is 0.00000161. The first-order valence-corrected chi connectivity index (χ1v) is 6.57. The van der Waals surface area contributed by atoms with Gasteiger partial charge in [-0.3, -0.25) is 0 Å². The number of carboxylic acids is 1. The standard InChI is InChI=1S/C14H16N4O2.ClH/c1-17-5-7-18(8-6-17)13-12-10(14(19)20)3-2-4-11(12)15-9-16-13;/h2-4,9H,5-8H2,1H3,(H,19,20);1H. The number of benzene rings is 1. The lowest BCUT2D eigenvalue weighted by Crippen LogP contribution is -2.45. The molecule has 0 bridgehead atoms. The third-order valence-electron chi connectivity index (χ3n) is 3.68. The fraction of sp³-hybridized carbons (Fsp3) is 0.357. The number of hydrogen-bond acceptors (Lipinski definition) is 5. The number of rotatable bonds is 2. The summed E-state index contributed by atoms with van der Waals surface area (Å²) in [6.07, 6.45) is 1.50. The average molecular weight is 309 g/mol. The maximum absolute atomic E-state index is 11.4. The number of hydrogen-bond donors (Lipinski definition) is 1. The van der Waals surface area contributed by atoms with Crippen LogP contribution in [0.1, 0.15) is 10.4 Å². The molecule has 1 aromatic heterocycles. The second-order valence-corrected chi connectivity index (χ2v) is 4.99. The molecular formula is C14H17ClN4O2. The molecule has 1 aliphatic heterocycles. The van der Waals surface area contributed by atoms with Crippen LogP contribution in [-0.4, -0.2) is 59.2 Å². The van der Waals surface area contributed by atoms with Gasteiger partial charge in [-0.2, -0.15) is 0 Å². The van der Waals surface area contributed by atoms with Crippen LogP contribution < -0.4 is 4.90 Å². The number of likely N-dealkylation sites (N-methyl/N-ethyl adjacent to an activating group) is 1. The molecule has 0 spiro atoms. The molecule has 1 saturated heterocycles. The van der Waals surface area contributed by atoms with E-state index in [1.54, 1.807) is 12.1 Å². The smallest absolute Gasteiger partial charge is 0.336 e. The molecule has 2 heterocycles. The number of carbonyl (C=O) groups is 1. The van der Waals surface area contributed by atoms with E-state index in [2.05, 4.69) is 26.8 Å². The van der Waals surface area contributed by atoms with Crippen LogP contribution in [0.25, 0.3) is 10.9 Å². The lowest BCUT2D eigenvalue weighted by molar-refractivity contribution is 0.0699. The van der Waals surface area contributed by atoms with E-state index >= 15 is 0 Å². The van der Waals surface area contributed by atoms with Crippen LogP contribution in [0.4, 0.5) is 5.82 Å². The SMILES string of the molecule is CN1CCN(c2ncnc3cccc(C(=O)O)c23)CC1.Cl. The molecule has 1 N–H and O–H groups in total. The highest BCUT2D eigenvalue weighted by atomic mass is 35.5. The summed E-state index contributed by atoms with van der Waals surface area (Å²) >= 11 is 0. The number of aromatic nitrogens is 2. The first-order chi connectivity index (χ1) is 9.66. The molecule has 0 unspecified atom stereocenters. The molecule has 0 amide bonds. The minimum absolute atomic E-state index is 0. The molecule has 0 aliphatic carbocycles. The van der Waals surface area contributed by atoms with E-state index in [4.69, 9.17) is 0 Å². The van der Waals surface area contributed by atoms with E-state index in [9.17, 15) is 9.90 Å². The zero-order chi connectivity index (χ0) is 14.1. The number of aromatic carboxylic acids is 1. The van der Waals surface area contributed by atoms with E-state index < -0.39 is 5.97 Å². The maximum atomic E-state index is 11.4. The molecule has 0 radical (unpaired) electrons. The van der Waals surface area contributed by atoms with Crippen molar-refractivity contribution in [2.24, 2.45) is 0 Å². The summed E-state index contributed by atoms with van der Waals surface area (Å²) in [5, 5.41) is 10.00. The molecule has 7 heteroatoms. The normalized spacial score (nSPS) is 15.8. The van der Waals surface area contributed by atoms with Crippen molar-refractivity contribution >= 4 is 35.1 Å². The molecule has 2 aromatic rings. The Labute approximate surface area is 128 Å². The molecule has 3 rings (SSSR count). The van der Waals surface area contributed by atoms with Gasteiger partial charge >= 0.3 is 5.97 Å². The van der Waals surface area contributed by atoms with Gasteiger partial charge in [0, 0.05) is 26.2 Å². The number of anilines is 1. The summed E-state index contributed by atoms with van der Waals surface area (Å²) in [5.41, 5.74) is 0.936. The zero-order valence-electron chi connectivity index (χ0n) is 11.7. The van der Waals surface area contributed by atoms with Gasteiger partial charge in [0.15, 0.2) is 0 Å². The van der Waals surface area contributed by atoms with E-state index in [0.717, 1.165) is 32.0 Å². The van der Waals surface area contributed by atoms with Crippen molar-refractivity contribution in [1.29, 1.82) is 0 Å². The van der Waals surface area contributed by atoms with Gasteiger partial charge in [-0.1, -0.05) is 6.07 Å². The monoisotopic (exact) mass is 308 g/mol. The number of nitrogens with zero attached hydrogens (tertiary/aromatic N) is 4. The molecule has 0 saturated carbocycles. The maximum Gasteiger partial charge on any atom is 0.336 e. The second kappa shape index (κ2) is 6.24.